The van der Waals surface area contributed by atoms with E-state index in [1.807, 2.05) is 32.9 Å². The molecule has 134 valence electrons. The molecule has 0 amide bonds. The first-order chi connectivity index (χ1) is 12.2. The van der Waals surface area contributed by atoms with E-state index in [0.29, 0.717) is 10.9 Å². The minimum atomic E-state index is -3.79. The van der Waals surface area contributed by atoms with Gasteiger partial charge in [-0.2, -0.15) is 0 Å². The molecule has 0 saturated heterocycles. The molecule has 0 radical (unpaired) electrons. The monoisotopic (exact) mass is 368 g/mol. The second kappa shape index (κ2) is 6.80. The number of hydrogen-bond donors (Lipinski definition) is 2. The van der Waals surface area contributed by atoms with Crippen LogP contribution in [-0.2, 0) is 10.0 Å². The highest BCUT2D eigenvalue weighted by Crippen LogP contribution is 2.30. The van der Waals surface area contributed by atoms with E-state index in [9.17, 15) is 13.5 Å². The number of benzene rings is 2. The smallest absolute Gasteiger partial charge is 0.261 e. The minimum Gasteiger partial charge on any atom is -0.508 e. The number of rotatable bonds is 4. The van der Waals surface area contributed by atoms with Crippen LogP contribution in [0.25, 0.3) is 17.0 Å². The summed E-state index contributed by atoms with van der Waals surface area (Å²) in [6.07, 6.45) is 1.91. The largest absolute Gasteiger partial charge is 0.508 e. The third-order valence-corrected chi connectivity index (χ3v) is 5.19. The Morgan fingerprint density at radius 1 is 1.08 bits per heavy atom. The summed E-state index contributed by atoms with van der Waals surface area (Å²) in [6, 6.07) is 13.1. The molecule has 0 atom stereocenters. The van der Waals surface area contributed by atoms with Crippen LogP contribution in [-0.4, -0.2) is 18.5 Å². The Morgan fingerprint density at radius 3 is 2.42 bits per heavy atom. The van der Waals surface area contributed by atoms with Crippen molar-refractivity contribution >= 4 is 32.7 Å². The molecule has 5 nitrogen and oxygen atoms in total. The van der Waals surface area contributed by atoms with Crippen LogP contribution in [0.3, 0.4) is 0 Å². The summed E-state index contributed by atoms with van der Waals surface area (Å²) >= 11 is 0. The van der Waals surface area contributed by atoms with E-state index in [1.165, 1.54) is 6.07 Å². The highest BCUT2D eigenvalue weighted by Gasteiger charge is 2.17. The number of aryl methyl sites for hydroxylation is 1. The number of nitrogens with one attached hydrogen (secondary N) is 1. The first-order valence-electron chi connectivity index (χ1n) is 8.13. The van der Waals surface area contributed by atoms with Gasteiger partial charge in [0.1, 0.15) is 5.75 Å². The van der Waals surface area contributed by atoms with E-state index in [1.54, 1.807) is 36.4 Å². The maximum Gasteiger partial charge on any atom is 0.261 e. The lowest BCUT2D eigenvalue weighted by Gasteiger charge is -2.12. The highest BCUT2D eigenvalue weighted by atomic mass is 32.2. The molecule has 0 aliphatic rings. The Morgan fingerprint density at radius 2 is 1.77 bits per heavy atom. The third kappa shape index (κ3) is 3.86. The summed E-state index contributed by atoms with van der Waals surface area (Å²) in [5.74, 6) is -0.0316. The molecule has 0 aliphatic carbocycles. The molecule has 26 heavy (non-hydrogen) atoms. The van der Waals surface area contributed by atoms with Crippen molar-refractivity contribution in [1.82, 2.24) is 4.98 Å². The van der Waals surface area contributed by atoms with Crippen LogP contribution in [0.4, 0.5) is 5.69 Å². The van der Waals surface area contributed by atoms with Crippen molar-refractivity contribution in [2.45, 2.75) is 25.7 Å². The molecule has 1 heterocycles. The Bertz CT molecular complexity index is 1100. The zero-order chi connectivity index (χ0) is 18.9. The average Bonchev–Trinajstić information content (AvgIpc) is 2.55. The summed E-state index contributed by atoms with van der Waals surface area (Å²) in [5, 5.41) is 10.6. The summed E-state index contributed by atoms with van der Waals surface area (Å²) in [5.41, 5.74) is 3.49. The van der Waals surface area contributed by atoms with E-state index in [-0.39, 0.29) is 16.3 Å². The van der Waals surface area contributed by atoms with E-state index >= 15 is 0 Å². The summed E-state index contributed by atoms with van der Waals surface area (Å²) in [7, 11) is -3.79. The van der Waals surface area contributed by atoms with Crippen molar-refractivity contribution in [1.29, 1.82) is 0 Å². The Kier molecular flexibility index (Phi) is 4.70. The zero-order valence-corrected chi connectivity index (χ0v) is 15.6. The van der Waals surface area contributed by atoms with Gasteiger partial charge in [0.25, 0.3) is 10.0 Å². The molecule has 0 aliphatic heterocycles. The number of pyridine rings is 1. The van der Waals surface area contributed by atoms with Crippen molar-refractivity contribution < 1.29 is 13.5 Å². The molecule has 0 saturated carbocycles. The van der Waals surface area contributed by atoms with Crippen molar-refractivity contribution in [2.24, 2.45) is 0 Å². The predicted molar refractivity (Wildman–Crippen MR) is 105 cm³/mol. The standard InChI is InChI=1S/C20H20N2O3S/c1-13(2)10-16-7-6-15-11-17(23)12-19(20(15)21-16)22-26(24,25)18-8-4-14(3)5-9-18/h4-12,22-23H,1-3H3. The summed E-state index contributed by atoms with van der Waals surface area (Å²) in [6.45, 7) is 5.81. The maximum atomic E-state index is 12.7. The van der Waals surface area contributed by atoms with Crippen molar-refractivity contribution in [3.63, 3.8) is 0 Å². The SMILES string of the molecule is CC(C)=Cc1ccc2cc(O)cc(NS(=O)(=O)c3ccc(C)cc3)c2n1. The number of fused-ring (bicyclic) bond motifs is 1. The number of phenolic OH excluding ortho intramolecular Hbond substituents is 1. The van der Waals surface area contributed by atoms with E-state index in [2.05, 4.69) is 9.71 Å². The molecular formula is C20H20N2O3S. The van der Waals surface area contributed by atoms with Gasteiger partial charge in [-0.3, -0.25) is 4.72 Å². The molecule has 0 unspecified atom stereocenters. The summed E-state index contributed by atoms with van der Waals surface area (Å²) in [4.78, 5) is 4.69. The first kappa shape index (κ1) is 17.9. The first-order valence-corrected chi connectivity index (χ1v) is 9.61. The van der Waals surface area contributed by atoms with Crippen molar-refractivity contribution in [2.75, 3.05) is 4.72 Å². The average molecular weight is 368 g/mol. The van der Waals surface area contributed by atoms with E-state index in [0.717, 1.165) is 16.8 Å². The van der Waals surface area contributed by atoms with Crippen molar-refractivity contribution in [3.8, 4) is 5.75 Å². The molecule has 2 N–H and O–H groups in total. The molecule has 0 bridgehead atoms. The summed E-state index contributed by atoms with van der Waals surface area (Å²) < 4.78 is 27.9. The van der Waals surface area contributed by atoms with Gasteiger partial charge in [-0.05, 0) is 51.1 Å². The van der Waals surface area contributed by atoms with Gasteiger partial charge in [0.15, 0.2) is 0 Å². The molecule has 0 spiro atoms. The predicted octanol–water partition coefficient (Wildman–Crippen LogP) is 4.47. The number of anilines is 1. The molecule has 3 rings (SSSR count). The maximum absolute atomic E-state index is 12.7. The van der Waals surface area contributed by atoms with Gasteiger partial charge in [-0.25, -0.2) is 13.4 Å². The molecule has 1 aromatic heterocycles. The fourth-order valence-electron chi connectivity index (χ4n) is 2.61. The van der Waals surface area contributed by atoms with Crippen LogP contribution in [0.15, 0.2) is 59.0 Å². The van der Waals surface area contributed by atoms with E-state index < -0.39 is 10.0 Å². The molecule has 6 heteroatoms. The van der Waals surface area contributed by atoms with Gasteiger partial charge in [0.05, 0.1) is 21.8 Å². The lowest BCUT2D eigenvalue weighted by molar-refractivity contribution is 0.476. The van der Waals surface area contributed by atoms with E-state index in [4.69, 9.17) is 0 Å². The van der Waals surface area contributed by atoms with Gasteiger partial charge in [0, 0.05) is 11.5 Å². The second-order valence-corrected chi connectivity index (χ2v) is 8.12. The number of aromatic nitrogens is 1. The second-order valence-electron chi connectivity index (χ2n) is 6.44. The quantitative estimate of drug-likeness (QED) is 0.712. The number of phenols is 1. The number of hydrogen-bond acceptors (Lipinski definition) is 4. The fraction of sp³-hybridized carbons (Fsp3) is 0.150. The van der Waals surface area contributed by atoms with Gasteiger partial charge in [-0.15, -0.1) is 0 Å². The lowest BCUT2D eigenvalue weighted by Crippen LogP contribution is -2.13. The Balaban J connectivity index is 2.11. The molecule has 3 aromatic rings. The number of nitrogens with zero attached hydrogens (tertiary/aromatic N) is 1. The fourth-order valence-corrected chi connectivity index (χ4v) is 3.67. The van der Waals surface area contributed by atoms with Crippen LogP contribution < -0.4 is 4.72 Å². The van der Waals surface area contributed by atoms with Gasteiger partial charge in [-0.1, -0.05) is 29.3 Å². The molecule has 2 aromatic carbocycles. The molecule has 0 fully saturated rings. The van der Waals surface area contributed by atoms with Crippen molar-refractivity contribution in [3.05, 3.63) is 65.4 Å². The van der Waals surface area contributed by atoms with Crippen LogP contribution in [0.1, 0.15) is 25.1 Å². The van der Waals surface area contributed by atoms with Crippen LogP contribution in [0.5, 0.6) is 5.75 Å². The van der Waals surface area contributed by atoms with Crippen LogP contribution in [0, 0.1) is 6.92 Å². The van der Waals surface area contributed by atoms with Gasteiger partial charge >= 0.3 is 0 Å². The number of allylic oxidation sites excluding steroid dienone is 1. The Labute approximate surface area is 153 Å². The normalized spacial score (nSPS) is 11.3. The Hall–Kier alpha value is -2.86. The zero-order valence-electron chi connectivity index (χ0n) is 14.8. The van der Waals surface area contributed by atoms with Crippen LogP contribution in [0.2, 0.25) is 0 Å². The minimum absolute atomic E-state index is 0.0316. The highest BCUT2D eigenvalue weighted by molar-refractivity contribution is 7.92. The topological polar surface area (TPSA) is 79.3 Å². The molecular weight excluding hydrogens is 348 g/mol. The number of aromatic hydroxyl groups is 1. The van der Waals surface area contributed by atoms with Crippen LogP contribution >= 0.6 is 0 Å². The third-order valence-electron chi connectivity index (χ3n) is 3.81. The lowest BCUT2D eigenvalue weighted by atomic mass is 10.1. The number of sulfonamides is 1. The van der Waals surface area contributed by atoms with Gasteiger partial charge < -0.3 is 5.11 Å². The van der Waals surface area contributed by atoms with Gasteiger partial charge in [0.2, 0.25) is 0 Å².